The summed E-state index contributed by atoms with van der Waals surface area (Å²) < 4.78 is 5.51. The van der Waals surface area contributed by atoms with E-state index in [0.717, 1.165) is 0 Å². The second kappa shape index (κ2) is 4.84. The number of nitrogens with zero attached hydrogens (tertiary/aromatic N) is 2. The van der Waals surface area contributed by atoms with Crippen molar-refractivity contribution in [3.8, 4) is 5.75 Å². The maximum absolute atomic E-state index is 12.5. The number of carbonyl (C=O) groups excluding carboxylic acids is 2. The van der Waals surface area contributed by atoms with E-state index in [9.17, 15) is 9.59 Å². The highest BCUT2D eigenvalue weighted by Gasteiger charge is 2.29. The summed E-state index contributed by atoms with van der Waals surface area (Å²) >= 11 is 0. The first-order valence-corrected chi connectivity index (χ1v) is 6.35. The first-order chi connectivity index (χ1) is 9.66. The van der Waals surface area contributed by atoms with Gasteiger partial charge in [0.25, 0.3) is 5.91 Å². The van der Waals surface area contributed by atoms with Crippen molar-refractivity contribution in [3.05, 3.63) is 18.2 Å². The van der Waals surface area contributed by atoms with E-state index >= 15 is 0 Å². The van der Waals surface area contributed by atoms with Gasteiger partial charge in [-0.1, -0.05) is 6.07 Å². The van der Waals surface area contributed by atoms with E-state index in [-0.39, 0.29) is 18.2 Å². The van der Waals surface area contributed by atoms with E-state index < -0.39 is 0 Å². The molecule has 7 nitrogen and oxygen atoms in total. The molecular weight excluding hydrogens is 260 g/mol. The topological polar surface area (TPSA) is 97.0 Å². The van der Waals surface area contributed by atoms with Crippen LogP contribution in [0.15, 0.2) is 23.3 Å². The van der Waals surface area contributed by atoms with E-state index in [1.54, 1.807) is 23.1 Å². The van der Waals surface area contributed by atoms with Gasteiger partial charge in [0.2, 0.25) is 5.91 Å². The van der Waals surface area contributed by atoms with Crippen molar-refractivity contribution in [2.45, 2.75) is 12.8 Å². The lowest BCUT2D eigenvalue weighted by Crippen LogP contribution is -2.44. The molecule has 0 bridgehead atoms. The Labute approximate surface area is 115 Å². The number of anilines is 2. The Bertz CT molecular complexity index is 612. The van der Waals surface area contributed by atoms with E-state index in [0.29, 0.717) is 42.4 Å². The van der Waals surface area contributed by atoms with E-state index in [1.165, 1.54) is 0 Å². The number of ether oxygens (including phenoxy) is 1. The Kier molecular flexibility index (Phi) is 3.02. The number of hydrogen-bond donors (Lipinski definition) is 2. The standard InChI is InChI=1S/C13H14N4O3/c14-8-2-1-3-10-12(8)20-7-6-17(10)13(19)9-4-5-11(18)16-15-9/h1-3H,4-7,14H2,(H,16,18). The van der Waals surface area contributed by atoms with Crippen LogP contribution in [0.5, 0.6) is 5.75 Å². The van der Waals surface area contributed by atoms with Gasteiger partial charge in [0.15, 0.2) is 5.75 Å². The van der Waals surface area contributed by atoms with Crippen LogP contribution in [0.4, 0.5) is 11.4 Å². The summed E-state index contributed by atoms with van der Waals surface area (Å²) in [6.45, 7) is 0.814. The zero-order valence-corrected chi connectivity index (χ0v) is 10.8. The average Bonchev–Trinajstić information content (AvgIpc) is 2.47. The first-order valence-electron chi connectivity index (χ1n) is 6.35. The van der Waals surface area contributed by atoms with E-state index in [4.69, 9.17) is 10.5 Å². The van der Waals surface area contributed by atoms with Crippen molar-refractivity contribution >= 4 is 28.9 Å². The van der Waals surface area contributed by atoms with Crippen LogP contribution < -0.4 is 20.8 Å². The number of amides is 2. The third-order valence-electron chi connectivity index (χ3n) is 3.27. The van der Waals surface area contributed by atoms with Gasteiger partial charge in [-0.2, -0.15) is 5.10 Å². The summed E-state index contributed by atoms with van der Waals surface area (Å²) in [7, 11) is 0. The minimum absolute atomic E-state index is 0.173. The number of para-hydroxylation sites is 1. The first kappa shape index (κ1) is 12.5. The molecule has 0 fully saturated rings. The lowest BCUT2D eigenvalue weighted by Gasteiger charge is -2.30. The predicted octanol–water partition coefficient (Wildman–Crippen LogP) is 0.260. The molecule has 2 heterocycles. The van der Waals surface area contributed by atoms with Crippen LogP contribution in [0.2, 0.25) is 0 Å². The van der Waals surface area contributed by atoms with Crippen molar-refractivity contribution in [2.75, 3.05) is 23.8 Å². The molecule has 7 heteroatoms. The lowest BCUT2D eigenvalue weighted by molar-refractivity contribution is -0.121. The zero-order chi connectivity index (χ0) is 14.1. The quantitative estimate of drug-likeness (QED) is 0.718. The summed E-state index contributed by atoms with van der Waals surface area (Å²) in [5.74, 6) is 0.126. The van der Waals surface area contributed by atoms with Gasteiger partial charge in [-0.25, -0.2) is 5.43 Å². The molecule has 2 aliphatic rings. The van der Waals surface area contributed by atoms with Crippen LogP contribution in [-0.2, 0) is 9.59 Å². The Balaban J connectivity index is 1.91. The van der Waals surface area contributed by atoms with Gasteiger partial charge in [-0.3, -0.25) is 9.59 Å². The molecule has 0 spiro atoms. The second-order valence-electron chi connectivity index (χ2n) is 4.59. The van der Waals surface area contributed by atoms with Crippen LogP contribution in [0.3, 0.4) is 0 Å². The Morgan fingerprint density at radius 2 is 2.25 bits per heavy atom. The molecular formula is C13H14N4O3. The normalized spacial score (nSPS) is 17.7. The summed E-state index contributed by atoms with van der Waals surface area (Å²) in [5.41, 5.74) is 9.67. The number of hydrazone groups is 1. The Morgan fingerprint density at radius 1 is 1.40 bits per heavy atom. The monoisotopic (exact) mass is 274 g/mol. The van der Waals surface area contributed by atoms with Crippen LogP contribution in [-0.4, -0.2) is 30.7 Å². The van der Waals surface area contributed by atoms with Gasteiger partial charge in [0.05, 0.1) is 17.9 Å². The predicted molar refractivity (Wildman–Crippen MR) is 73.5 cm³/mol. The Morgan fingerprint density at radius 3 is 3.00 bits per heavy atom. The number of fused-ring (bicyclic) bond motifs is 1. The molecule has 3 rings (SSSR count). The summed E-state index contributed by atoms with van der Waals surface area (Å²) in [5, 5.41) is 3.83. The van der Waals surface area contributed by atoms with Gasteiger partial charge < -0.3 is 15.4 Å². The minimum atomic E-state index is -0.222. The maximum Gasteiger partial charge on any atom is 0.274 e. The molecule has 3 N–H and O–H groups in total. The number of rotatable bonds is 1. The molecule has 0 aromatic heterocycles. The van der Waals surface area contributed by atoms with Gasteiger partial charge in [-0.05, 0) is 12.1 Å². The van der Waals surface area contributed by atoms with Crippen molar-refractivity contribution in [1.82, 2.24) is 5.43 Å². The van der Waals surface area contributed by atoms with Crippen molar-refractivity contribution in [1.29, 1.82) is 0 Å². The third kappa shape index (κ3) is 2.07. The fourth-order valence-corrected chi connectivity index (χ4v) is 2.27. The smallest absolute Gasteiger partial charge is 0.274 e. The molecule has 1 aromatic rings. The van der Waals surface area contributed by atoms with Crippen LogP contribution in [0.1, 0.15) is 12.8 Å². The van der Waals surface area contributed by atoms with Crippen molar-refractivity contribution in [2.24, 2.45) is 5.10 Å². The zero-order valence-electron chi connectivity index (χ0n) is 10.8. The molecule has 0 saturated carbocycles. The summed E-state index contributed by atoms with van der Waals surface area (Å²) in [6, 6.07) is 5.28. The van der Waals surface area contributed by atoms with Crippen LogP contribution in [0, 0.1) is 0 Å². The summed E-state index contributed by atoms with van der Waals surface area (Å²) in [4.78, 5) is 25.1. The number of hydrogen-bond acceptors (Lipinski definition) is 5. The highest BCUT2D eigenvalue weighted by molar-refractivity contribution is 6.44. The van der Waals surface area contributed by atoms with Gasteiger partial charge in [0, 0.05) is 12.8 Å². The number of carbonyl (C=O) groups is 2. The van der Waals surface area contributed by atoms with Crippen molar-refractivity contribution < 1.29 is 14.3 Å². The molecule has 2 amide bonds. The van der Waals surface area contributed by atoms with E-state index in [2.05, 4.69) is 10.5 Å². The van der Waals surface area contributed by atoms with Crippen molar-refractivity contribution in [3.63, 3.8) is 0 Å². The van der Waals surface area contributed by atoms with Gasteiger partial charge in [0.1, 0.15) is 12.3 Å². The van der Waals surface area contributed by atoms with E-state index in [1.807, 2.05) is 0 Å². The molecule has 104 valence electrons. The Hall–Kier alpha value is -2.57. The number of benzene rings is 1. The van der Waals surface area contributed by atoms with Crippen LogP contribution >= 0.6 is 0 Å². The molecule has 0 atom stereocenters. The number of nitrogen functional groups attached to an aromatic ring is 1. The highest BCUT2D eigenvalue weighted by Crippen LogP contribution is 2.36. The third-order valence-corrected chi connectivity index (χ3v) is 3.27. The molecule has 0 radical (unpaired) electrons. The van der Waals surface area contributed by atoms with Crippen LogP contribution in [0.25, 0.3) is 0 Å². The molecule has 2 aliphatic heterocycles. The number of nitrogens with one attached hydrogen (secondary N) is 1. The molecule has 0 aliphatic carbocycles. The molecule has 20 heavy (non-hydrogen) atoms. The fraction of sp³-hybridized carbons (Fsp3) is 0.308. The average molecular weight is 274 g/mol. The maximum atomic E-state index is 12.5. The lowest BCUT2D eigenvalue weighted by atomic mass is 10.1. The second-order valence-corrected chi connectivity index (χ2v) is 4.59. The minimum Gasteiger partial charge on any atom is -0.487 e. The number of nitrogens with two attached hydrogens (primary N) is 1. The molecule has 0 saturated heterocycles. The fourth-order valence-electron chi connectivity index (χ4n) is 2.27. The largest absolute Gasteiger partial charge is 0.487 e. The SMILES string of the molecule is Nc1cccc2c1OCCN2C(=O)C1=NNC(=O)CC1. The van der Waals surface area contributed by atoms with Gasteiger partial charge >= 0.3 is 0 Å². The molecule has 1 aromatic carbocycles. The summed E-state index contributed by atoms with van der Waals surface area (Å²) in [6.07, 6.45) is 0.623. The highest BCUT2D eigenvalue weighted by atomic mass is 16.5. The van der Waals surface area contributed by atoms with Gasteiger partial charge in [-0.15, -0.1) is 0 Å². The molecule has 0 unspecified atom stereocenters.